The second-order valence-corrected chi connectivity index (χ2v) is 26.6. The van der Waals surface area contributed by atoms with Crippen molar-refractivity contribution in [3.05, 3.63) is 158 Å². The highest BCUT2D eigenvalue weighted by atomic mass is 16.7. The summed E-state index contributed by atoms with van der Waals surface area (Å²) in [6.07, 6.45) is 108. The molecule has 9 heteroatoms. The number of nitrogens with zero attached hydrogens (tertiary/aromatic N) is 1. The number of unbranched alkanes of at least 4 members (excludes halogenated alkanes) is 29. The van der Waals surface area contributed by atoms with Crippen molar-refractivity contribution in [2.75, 3.05) is 47.5 Å². The number of hydrogen-bond donors (Lipinski definition) is 1. The van der Waals surface area contributed by atoms with Crippen LogP contribution in [0.4, 0.5) is 0 Å². The number of allylic oxidation sites excluding steroid dienone is 26. The molecule has 1 N–H and O–H groups in total. The van der Waals surface area contributed by atoms with E-state index in [0.29, 0.717) is 23.9 Å². The van der Waals surface area contributed by atoms with Crippen molar-refractivity contribution in [2.45, 2.75) is 322 Å². The minimum atomic E-state index is -1.52. The van der Waals surface area contributed by atoms with E-state index in [1.807, 2.05) is 21.1 Å². The second kappa shape index (κ2) is 74.7. The first-order chi connectivity index (χ1) is 46.6. The van der Waals surface area contributed by atoms with Gasteiger partial charge >= 0.3 is 17.9 Å². The molecule has 0 spiro atoms. The molecule has 0 aliphatic carbocycles. The molecule has 0 aliphatic rings. The summed E-state index contributed by atoms with van der Waals surface area (Å²) in [5.41, 5.74) is 0. The molecular weight excluding hydrogens is 1170 g/mol. The Kier molecular flexibility index (Phi) is 70.7. The van der Waals surface area contributed by atoms with Crippen molar-refractivity contribution < 1.29 is 42.9 Å². The molecule has 0 saturated carbocycles. The van der Waals surface area contributed by atoms with Gasteiger partial charge in [-0.15, -0.1) is 0 Å². The van der Waals surface area contributed by atoms with Crippen LogP contribution in [0, 0.1) is 0 Å². The molecule has 0 saturated heterocycles. The van der Waals surface area contributed by atoms with Gasteiger partial charge in [0.15, 0.2) is 6.10 Å². The molecule has 0 bridgehead atoms. The van der Waals surface area contributed by atoms with Crippen LogP contribution in [0.25, 0.3) is 0 Å². The number of likely N-dealkylation sites (N-methyl/N-ethyl adjacent to an activating group) is 1. The fourth-order valence-electron chi connectivity index (χ4n) is 10.4. The van der Waals surface area contributed by atoms with Gasteiger partial charge in [0.2, 0.25) is 0 Å². The second-order valence-electron chi connectivity index (χ2n) is 26.6. The number of aliphatic carboxylic acids is 1. The van der Waals surface area contributed by atoms with Crippen molar-refractivity contribution in [2.24, 2.45) is 0 Å². The summed E-state index contributed by atoms with van der Waals surface area (Å²) < 4.78 is 23.0. The summed E-state index contributed by atoms with van der Waals surface area (Å²) in [5.74, 6) is -2.02. The average molecular weight is 1320 g/mol. The Balaban J connectivity index is 4.15. The average Bonchev–Trinajstić information content (AvgIpc) is 3.54. The minimum Gasteiger partial charge on any atom is -0.477 e. The van der Waals surface area contributed by atoms with Gasteiger partial charge in [0.05, 0.1) is 34.4 Å². The minimum absolute atomic E-state index is 0.179. The summed E-state index contributed by atoms with van der Waals surface area (Å²) in [7, 11) is 5.97. The van der Waals surface area contributed by atoms with Crippen LogP contribution in [-0.4, -0.2) is 87.4 Å². The van der Waals surface area contributed by atoms with E-state index >= 15 is 0 Å². The van der Waals surface area contributed by atoms with Crippen LogP contribution in [-0.2, 0) is 33.3 Å². The van der Waals surface area contributed by atoms with Gasteiger partial charge in [-0.1, -0.05) is 326 Å². The molecule has 0 rings (SSSR count). The van der Waals surface area contributed by atoms with Crippen LogP contribution in [0.15, 0.2) is 158 Å². The Bertz CT molecular complexity index is 2130. The monoisotopic (exact) mass is 1320 g/mol. The molecule has 2 atom stereocenters. The van der Waals surface area contributed by atoms with Gasteiger partial charge in [-0.25, -0.2) is 4.79 Å². The van der Waals surface area contributed by atoms with Crippen LogP contribution in [0.3, 0.4) is 0 Å². The largest absolute Gasteiger partial charge is 0.477 e. The summed E-state index contributed by atoms with van der Waals surface area (Å²) in [4.78, 5) is 37.7. The fourth-order valence-corrected chi connectivity index (χ4v) is 10.4. The van der Waals surface area contributed by atoms with E-state index in [9.17, 15) is 19.5 Å². The van der Waals surface area contributed by atoms with E-state index in [1.54, 1.807) is 0 Å². The highest BCUT2D eigenvalue weighted by molar-refractivity contribution is 5.71. The number of esters is 2. The third-order valence-electron chi connectivity index (χ3n) is 16.3. The fraction of sp³-hybridized carbons (Fsp3) is 0.663. The Labute approximate surface area is 584 Å². The Morgan fingerprint density at radius 2 is 0.600 bits per heavy atom. The van der Waals surface area contributed by atoms with E-state index in [1.165, 1.54) is 154 Å². The zero-order chi connectivity index (χ0) is 69.0. The molecule has 95 heavy (non-hydrogen) atoms. The summed E-state index contributed by atoms with van der Waals surface area (Å²) in [6, 6.07) is 0. The lowest BCUT2D eigenvalue weighted by molar-refractivity contribution is -0.870. The molecule has 2 unspecified atom stereocenters. The molecular formula is C86H144NO8+. The quantitative estimate of drug-likeness (QED) is 0.0211. The number of carbonyl (C=O) groups excluding carboxylic acids is 2. The van der Waals surface area contributed by atoms with Crippen molar-refractivity contribution in [1.82, 2.24) is 0 Å². The van der Waals surface area contributed by atoms with E-state index in [0.717, 1.165) is 122 Å². The maximum absolute atomic E-state index is 13.0. The van der Waals surface area contributed by atoms with Crippen LogP contribution in [0.5, 0.6) is 0 Å². The number of quaternary nitrogens is 1. The van der Waals surface area contributed by atoms with Gasteiger partial charge in [0, 0.05) is 12.8 Å². The van der Waals surface area contributed by atoms with Crippen LogP contribution in [0.1, 0.15) is 309 Å². The molecule has 0 aromatic carbocycles. The van der Waals surface area contributed by atoms with Gasteiger partial charge in [-0.2, -0.15) is 0 Å². The Hall–Kier alpha value is -5.09. The maximum Gasteiger partial charge on any atom is 0.361 e. The van der Waals surface area contributed by atoms with Gasteiger partial charge < -0.3 is 28.5 Å². The standard InChI is InChI=1S/C86H143NO8/c1-6-8-10-12-14-16-18-20-22-24-26-28-30-32-34-36-37-38-39-40-41-42-43-44-45-46-47-49-51-53-55-57-59-61-63-65-67-69-71-73-75-77-84(89)95-82(81-94-86(85(90)91)92-79-78-87(3,4)5)80-93-83(88)76-74-72-70-68-66-64-62-60-58-56-54-52-50-48-35-33-31-29-27-25-23-21-19-17-15-13-11-9-7-2/h8,10,14,16,19-22,25-28,32,34,37-38,40-41,43-44,46-47,51,53,57,59,82,86H,6-7,9,11-13,15,17-18,23-24,29-31,33,35-36,39,42,45,48-50,52,54-56,58,60-81H2,1-5H3/p+1/b10-8-,16-14-,21-19-,22-20-,27-25-,28-26-,34-32-,38-37-,41-40-,44-43-,47-46-,53-51-,59-57-. The number of hydrogen-bond acceptors (Lipinski definition) is 7. The maximum atomic E-state index is 13.0. The molecule has 0 fully saturated rings. The molecule has 9 nitrogen and oxygen atoms in total. The van der Waals surface area contributed by atoms with Crippen molar-refractivity contribution >= 4 is 17.9 Å². The summed E-state index contributed by atoms with van der Waals surface area (Å²) in [5, 5.41) is 9.77. The SMILES string of the molecule is CC/C=C\C/C=C\C/C=C\C/C=C\C/C=C\C/C=C\C/C=C\C/C=C\C/C=C\C/C=C\C/C=C\CCCCCCCCCC(=O)OC(COC(=O)CCCCCCCCCCCCCCCCCCC/C=C\C/C=C\CCCCCCC)COC(OCC[N+](C)(C)C)C(=O)O. The summed E-state index contributed by atoms with van der Waals surface area (Å²) in [6.45, 7) is 4.75. The number of ether oxygens (including phenoxy) is 4. The highest BCUT2D eigenvalue weighted by Gasteiger charge is 2.25. The van der Waals surface area contributed by atoms with Crippen LogP contribution >= 0.6 is 0 Å². The lowest BCUT2D eigenvalue weighted by atomic mass is 10.0. The predicted molar refractivity (Wildman–Crippen MR) is 410 cm³/mol. The van der Waals surface area contributed by atoms with Crippen LogP contribution < -0.4 is 0 Å². The van der Waals surface area contributed by atoms with Crippen LogP contribution in [0.2, 0.25) is 0 Å². The highest BCUT2D eigenvalue weighted by Crippen LogP contribution is 2.17. The Morgan fingerprint density at radius 1 is 0.326 bits per heavy atom. The first-order valence-electron chi connectivity index (χ1n) is 38.6. The molecule has 0 aliphatic heterocycles. The lowest BCUT2D eigenvalue weighted by Gasteiger charge is -2.25. The number of carboxylic acid groups (broad SMARTS) is 1. The Morgan fingerprint density at radius 3 is 0.895 bits per heavy atom. The van der Waals surface area contributed by atoms with Crippen molar-refractivity contribution in [3.8, 4) is 0 Å². The third kappa shape index (κ3) is 76.1. The van der Waals surface area contributed by atoms with E-state index in [4.69, 9.17) is 18.9 Å². The molecule has 0 aromatic rings. The van der Waals surface area contributed by atoms with Gasteiger partial charge in [-0.05, 0) is 128 Å². The van der Waals surface area contributed by atoms with Crippen molar-refractivity contribution in [3.63, 3.8) is 0 Å². The normalized spacial score (nSPS) is 13.6. The van der Waals surface area contributed by atoms with E-state index in [-0.39, 0.29) is 32.2 Å². The molecule has 0 amide bonds. The zero-order valence-corrected chi connectivity index (χ0v) is 61.8. The summed E-state index contributed by atoms with van der Waals surface area (Å²) >= 11 is 0. The zero-order valence-electron chi connectivity index (χ0n) is 61.8. The lowest BCUT2D eigenvalue weighted by Crippen LogP contribution is -2.40. The first kappa shape index (κ1) is 89.9. The topological polar surface area (TPSA) is 108 Å². The van der Waals surface area contributed by atoms with Gasteiger partial charge in [-0.3, -0.25) is 9.59 Å². The number of carboxylic acids is 1. The predicted octanol–water partition coefficient (Wildman–Crippen LogP) is 24.8. The smallest absolute Gasteiger partial charge is 0.361 e. The van der Waals surface area contributed by atoms with Gasteiger partial charge in [0.25, 0.3) is 6.29 Å². The molecule has 0 heterocycles. The third-order valence-corrected chi connectivity index (χ3v) is 16.3. The number of rotatable bonds is 70. The molecule has 540 valence electrons. The first-order valence-corrected chi connectivity index (χ1v) is 38.6. The van der Waals surface area contributed by atoms with Crippen molar-refractivity contribution in [1.29, 1.82) is 0 Å². The van der Waals surface area contributed by atoms with Gasteiger partial charge in [0.1, 0.15) is 13.2 Å². The van der Waals surface area contributed by atoms with E-state index in [2.05, 4.69) is 172 Å². The molecule has 0 aromatic heterocycles. The molecule has 0 radical (unpaired) electrons. The van der Waals surface area contributed by atoms with E-state index < -0.39 is 24.3 Å². The number of carbonyl (C=O) groups is 3.